The molecule has 0 saturated heterocycles. The molecule has 1 N–H and O–H groups in total. The van der Waals surface area contributed by atoms with Crippen LogP contribution in [0.5, 0.6) is 17.2 Å². The van der Waals surface area contributed by atoms with E-state index >= 15 is 0 Å². The lowest BCUT2D eigenvalue weighted by molar-refractivity contribution is 0.340. The van der Waals surface area contributed by atoms with Gasteiger partial charge in [0.15, 0.2) is 16.5 Å². The molecule has 0 aliphatic heterocycles. The minimum absolute atomic E-state index is 0.0723. The van der Waals surface area contributed by atoms with Crippen molar-refractivity contribution in [3.8, 4) is 17.2 Å². The predicted octanol–water partition coefficient (Wildman–Crippen LogP) is 2.49. The van der Waals surface area contributed by atoms with Crippen LogP contribution in [0, 0.1) is 6.92 Å². The Kier molecular flexibility index (Phi) is 3.81. The molecule has 4 rings (SSSR count). The second-order valence-corrected chi connectivity index (χ2v) is 6.87. The first-order chi connectivity index (χ1) is 12.5. The smallest absolute Gasteiger partial charge is 0.274 e. The van der Waals surface area contributed by atoms with Crippen LogP contribution in [0.25, 0.3) is 22.1 Å². The molecular formula is C19H16N2O4S. The molecule has 0 amide bonds. The number of ether oxygens (including phenoxy) is 2. The highest BCUT2D eigenvalue weighted by Gasteiger charge is 2.14. The summed E-state index contributed by atoms with van der Waals surface area (Å²) in [6.07, 6.45) is 1.74. The van der Waals surface area contributed by atoms with Crippen molar-refractivity contribution < 1.29 is 14.6 Å². The predicted molar refractivity (Wildman–Crippen MR) is 102 cm³/mol. The first-order valence-electron chi connectivity index (χ1n) is 7.90. The molecule has 0 bridgehead atoms. The number of hydrogen-bond acceptors (Lipinski definition) is 6. The molecule has 132 valence electrons. The molecule has 2 heterocycles. The van der Waals surface area contributed by atoms with Gasteiger partial charge in [-0.25, -0.2) is 9.38 Å². The Morgan fingerprint density at radius 1 is 1.19 bits per heavy atom. The van der Waals surface area contributed by atoms with E-state index in [4.69, 9.17) is 9.47 Å². The molecule has 0 saturated carbocycles. The normalized spacial score (nSPS) is 12.2. The van der Waals surface area contributed by atoms with E-state index in [2.05, 4.69) is 4.98 Å². The van der Waals surface area contributed by atoms with E-state index < -0.39 is 0 Å². The van der Waals surface area contributed by atoms with Crippen molar-refractivity contribution in [2.24, 2.45) is 0 Å². The van der Waals surface area contributed by atoms with E-state index in [9.17, 15) is 9.90 Å². The summed E-state index contributed by atoms with van der Waals surface area (Å²) in [5.74, 6) is 0.493. The van der Waals surface area contributed by atoms with Crippen molar-refractivity contribution in [3.63, 3.8) is 0 Å². The Morgan fingerprint density at radius 3 is 2.54 bits per heavy atom. The summed E-state index contributed by atoms with van der Waals surface area (Å²) >= 11 is 1.32. The van der Waals surface area contributed by atoms with Crippen LogP contribution in [-0.2, 0) is 0 Å². The number of aromatic nitrogens is 2. The quantitative estimate of drug-likeness (QED) is 0.601. The number of rotatable bonds is 3. The number of fused-ring (bicyclic) bond motifs is 3. The zero-order valence-electron chi connectivity index (χ0n) is 14.4. The SMILES string of the molecule is COc1cc(C=c2sc3nc4c(C)cccc4n3c2=O)cc(OC)c1O. The number of aryl methyl sites for hydroxylation is 1. The van der Waals surface area contributed by atoms with Crippen LogP contribution in [0.15, 0.2) is 35.1 Å². The standard InChI is InChI=1S/C19H16N2O4S/c1-10-5-4-6-12-16(10)20-19-21(12)18(23)15(26-19)9-11-7-13(24-2)17(22)14(8-11)25-3/h4-9,22H,1-3H3. The molecule has 0 fully saturated rings. The summed E-state index contributed by atoms with van der Waals surface area (Å²) in [5.41, 5.74) is 3.26. The third kappa shape index (κ3) is 2.40. The average Bonchev–Trinajstić information content (AvgIpc) is 3.14. The number of nitrogens with zero attached hydrogens (tertiary/aromatic N) is 2. The Bertz CT molecular complexity index is 1230. The van der Waals surface area contributed by atoms with Gasteiger partial charge >= 0.3 is 0 Å². The van der Waals surface area contributed by atoms with Crippen LogP contribution >= 0.6 is 11.3 Å². The maximum Gasteiger partial charge on any atom is 0.274 e. The molecule has 26 heavy (non-hydrogen) atoms. The lowest BCUT2D eigenvalue weighted by Crippen LogP contribution is -2.22. The monoisotopic (exact) mass is 368 g/mol. The molecule has 0 unspecified atom stereocenters. The van der Waals surface area contributed by atoms with E-state index in [0.29, 0.717) is 15.1 Å². The highest BCUT2D eigenvalue weighted by Crippen LogP contribution is 2.37. The summed E-state index contributed by atoms with van der Waals surface area (Å²) in [7, 11) is 2.93. The van der Waals surface area contributed by atoms with Crippen LogP contribution in [0.1, 0.15) is 11.1 Å². The van der Waals surface area contributed by atoms with E-state index in [1.54, 1.807) is 22.6 Å². The fraction of sp³-hybridized carbons (Fsp3) is 0.158. The highest BCUT2D eigenvalue weighted by atomic mass is 32.1. The molecule has 2 aromatic carbocycles. The summed E-state index contributed by atoms with van der Waals surface area (Å²) in [6, 6.07) is 9.10. The highest BCUT2D eigenvalue weighted by molar-refractivity contribution is 7.15. The second-order valence-electron chi connectivity index (χ2n) is 5.86. The third-order valence-electron chi connectivity index (χ3n) is 4.27. The molecule has 0 aliphatic rings. The number of thiazole rings is 1. The Morgan fingerprint density at radius 2 is 1.88 bits per heavy atom. The number of phenols is 1. The second kappa shape index (κ2) is 6.03. The number of para-hydroxylation sites is 1. The van der Waals surface area contributed by atoms with Gasteiger partial charge < -0.3 is 14.6 Å². The summed E-state index contributed by atoms with van der Waals surface area (Å²) in [6.45, 7) is 1.98. The van der Waals surface area contributed by atoms with Gasteiger partial charge in [-0.1, -0.05) is 23.5 Å². The summed E-state index contributed by atoms with van der Waals surface area (Å²) in [4.78, 5) is 18.1. The van der Waals surface area contributed by atoms with Gasteiger partial charge in [-0.15, -0.1) is 0 Å². The lowest BCUT2D eigenvalue weighted by atomic mass is 10.1. The molecule has 2 aromatic heterocycles. The molecular weight excluding hydrogens is 352 g/mol. The Hall–Kier alpha value is -3.06. The number of imidazole rings is 1. The van der Waals surface area contributed by atoms with Gasteiger partial charge in [-0.3, -0.25) is 4.79 Å². The molecule has 0 atom stereocenters. The van der Waals surface area contributed by atoms with E-state index in [1.807, 2.05) is 25.1 Å². The first-order valence-corrected chi connectivity index (χ1v) is 8.72. The zero-order valence-corrected chi connectivity index (χ0v) is 15.3. The van der Waals surface area contributed by atoms with Crippen LogP contribution in [-0.4, -0.2) is 28.7 Å². The van der Waals surface area contributed by atoms with Crippen molar-refractivity contribution in [3.05, 3.63) is 56.3 Å². The van der Waals surface area contributed by atoms with Gasteiger partial charge in [-0.2, -0.15) is 0 Å². The van der Waals surface area contributed by atoms with Crippen LogP contribution in [0.2, 0.25) is 0 Å². The number of methoxy groups -OCH3 is 2. The van der Waals surface area contributed by atoms with Crippen molar-refractivity contribution in [2.45, 2.75) is 6.92 Å². The molecule has 0 spiro atoms. The minimum atomic E-state index is -0.121. The number of benzene rings is 2. The number of hydrogen-bond donors (Lipinski definition) is 1. The third-order valence-corrected chi connectivity index (χ3v) is 5.24. The maximum absolute atomic E-state index is 12.9. The van der Waals surface area contributed by atoms with Gasteiger partial charge in [0.25, 0.3) is 5.56 Å². The van der Waals surface area contributed by atoms with Gasteiger partial charge in [0.05, 0.1) is 29.8 Å². The molecule has 7 heteroatoms. The van der Waals surface area contributed by atoms with Crippen molar-refractivity contribution >= 4 is 33.4 Å². The van der Waals surface area contributed by atoms with Gasteiger partial charge in [0, 0.05) is 0 Å². The molecule has 0 aliphatic carbocycles. The van der Waals surface area contributed by atoms with Crippen molar-refractivity contribution in [2.75, 3.05) is 14.2 Å². The van der Waals surface area contributed by atoms with Crippen molar-refractivity contribution in [1.82, 2.24) is 9.38 Å². The maximum atomic E-state index is 12.9. The van der Waals surface area contributed by atoms with Crippen LogP contribution < -0.4 is 19.6 Å². The van der Waals surface area contributed by atoms with Crippen LogP contribution in [0.4, 0.5) is 0 Å². The molecule has 6 nitrogen and oxygen atoms in total. The summed E-state index contributed by atoms with van der Waals surface area (Å²) in [5, 5.41) is 10.0. The summed E-state index contributed by atoms with van der Waals surface area (Å²) < 4.78 is 12.5. The van der Waals surface area contributed by atoms with E-state index in [1.165, 1.54) is 25.6 Å². The minimum Gasteiger partial charge on any atom is -0.502 e. The number of aromatic hydroxyl groups is 1. The average molecular weight is 368 g/mol. The van der Waals surface area contributed by atoms with E-state index in [-0.39, 0.29) is 22.8 Å². The van der Waals surface area contributed by atoms with E-state index in [0.717, 1.165) is 16.6 Å². The molecule has 4 aromatic rings. The number of phenolic OH excluding ortho intramolecular Hbond substituents is 1. The Labute approximate surface area is 152 Å². The largest absolute Gasteiger partial charge is 0.502 e. The van der Waals surface area contributed by atoms with Gasteiger partial charge in [0.2, 0.25) is 5.75 Å². The lowest BCUT2D eigenvalue weighted by Gasteiger charge is -2.09. The zero-order chi connectivity index (χ0) is 18.4. The van der Waals surface area contributed by atoms with Crippen LogP contribution in [0.3, 0.4) is 0 Å². The fourth-order valence-corrected chi connectivity index (χ4v) is 3.95. The van der Waals surface area contributed by atoms with Gasteiger partial charge in [0.1, 0.15) is 0 Å². The van der Waals surface area contributed by atoms with Gasteiger partial charge in [-0.05, 0) is 42.3 Å². The topological polar surface area (TPSA) is 73.1 Å². The Balaban J connectivity index is 1.96. The first kappa shape index (κ1) is 16.4. The fourth-order valence-electron chi connectivity index (χ4n) is 2.97. The van der Waals surface area contributed by atoms with Crippen molar-refractivity contribution in [1.29, 1.82) is 0 Å². The molecule has 0 radical (unpaired) electrons.